The molecule has 1 saturated heterocycles. The number of hydrogen-bond donors (Lipinski definition) is 3. The van der Waals surface area contributed by atoms with E-state index in [-0.39, 0.29) is 30.1 Å². The van der Waals surface area contributed by atoms with Crippen LogP contribution in [-0.4, -0.2) is 53.6 Å². The number of carbonyl (C=O) groups excluding carboxylic acids is 2. The number of Topliss-reactive ketones (excluding diaryl/α,β-unsaturated/α-hetero) is 1. The van der Waals surface area contributed by atoms with Crippen LogP contribution in [0.5, 0.6) is 0 Å². The first-order valence-corrected chi connectivity index (χ1v) is 13.7. The number of likely N-dealkylation sites (tertiary alicyclic amines) is 1. The molecular weight excluding hydrogens is 469 g/mol. The van der Waals surface area contributed by atoms with Crippen LogP contribution in [0.1, 0.15) is 67.8 Å². The van der Waals surface area contributed by atoms with E-state index in [1.807, 2.05) is 12.1 Å². The number of halogens is 1. The van der Waals surface area contributed by atoms with Crippen molar-refractivity contribution in [3.63, 3.8) is 0 Å². The Morgan fingerprint density at radius 1 is 1.03 bits per heavy atom. The average molecular weight is 510 g/mol. The molecule has 0 radical (unpaired) electrons. The second kappa shape index (κ2) is 12.7. The fourth-order valence-corrected chi connectivity index (χ4v) is 5.88. The number of hydrogen-bond acceptors (Lipinski definition) is 4. The van der Waals surface area contributed by atoms with Crippen molar-refractivity contribution in [3.05, 3.63) is 65.5 Å². The van der Waals surface area contributed by atoms with Gasteiger partial charge in [0.25, 0.3) is 0 Å². The highest BCUT2D eigenvalue weighted by Gasteiger charge is 2.39. The maximum atomic E-state index is 13.2. The number of ketones is 1. The minimum atomic E-state index is -0.997. The predicted octanol–water partition coefficient (Wildman–Crippen LogP) is 5.42. The first-order valence-electron chi connectivity index (χ1n) is 13.7. The van der Waals surface area contributed by atoms with Crippen LogP contribution >= 0.6 is 0 Å². The van der Waals surface area contributed by atoms with Crippen molar-refractivity contribution in [2.75, 3.05) is 31.5 Å². The molecule has 0 aromatic heterocycles. The van der Waals surface area contributed by atoms with Gasteiger partial charge in [-0.05, 0) is 93.8 Å². The topological polar surface area (TPSA) is 81.7 Å². The van der Waals surface area contributed by atoms with E-state index >= 15 is 0 Å². The highest BCUT2D eigenvalue weighted by Crippen LogP contribution is 2.34. The van der Waals surface area contributed by atoms with E-state index in [0.29, 0.717) is 23.7 Å². The minimum absolute atomic E-state index is 0.0582. The molecular formula is C30H40FN3O3. The number of piperidine rings is 1. The number of carbonyl (C=O) groups is 2. The lowest BCUT2D eigenvalue weighted by atomic mass is 9.76. The van der Waals surface area contributed by atoms with Crippen LogP contribution in [0, 0.1) is 17.7 Å². The number of urea groups is 1. The molecule has 1 aliphatic heterocycles. The number of amides is 2. The molecule has 4 rings (SSSR count). The molecule has 6 nitrogen and oxygen atoms in total. The molecule has 200 valence electrons. The van der Waals surface area contributed by atoms with E-state index in [1.165, 1.54) is 31.0 Å². The van der Waals surface area contributed by atoms with Crippen LogP contribution in [-0.2, 0) is 6.42 Å². The number of benzene rings is 2. The first kappa shape index (κ1) is 27.3. The third-order valence-corrected chi connectivity index (χ3v) is 8.09. The quantitative estimate of drug-likeness (QED) is 0.395. The normalized spacial score (nSPS) is 19.2. The summed E-state index contributed by atoms with van der Waals surface area (Å²) in [6, 6.07) is 13.3. The number of nitrogens with one attached hydrogen (secondary N) is 2. The number of anilines is 1. The second-order valence-electron chi connectivity index (χ2n) is 10.9. The third kappa shape index (κ3) is 7.86. The summed E-state index contributed by atoms with van der Waals surface area (Å²) in [6.07, 6.45) is 8.39. The Bertz CT molecular complexity index is 1050. The molecule has 1 saturated carbocycles. The number of β-amino-alcohol motifs (C(OH)–C–C–N with tert-alkyl or cyclic N) is 1. The van der Waals surface area contributed by atoms with Gasteiger partial charge in [0.05, 0.1) is 5.60 Å². The van der Waals surface area contributed by atoms with E-state index in [4.69, 9.17) is 0 Å². The minimum Gasteiger partial charge on any atom is -0.386 e. The summed E-state index contributed by atoms with van der Waals surface area (Å²) >= 11 is 0. The van der Waals surface area contributed by atoms with Crippen molar-refractivity contribution < 1.29 is 19.1 Å². The highest BCUT2D eigenvalue weighted by molar-refractivity contribution is 5.96. The molecule has 2 aliphatic rings. The summed E-state index contributed by atoms with van der Waals surface area (Å²) in [4.78, 5) is 26.7. The highest BCUT2D eigenvalue weighted by atomic mass is 19.1. The molecule has 7 heteroatoms. The van der Waals surface area contributed by atoms with Crippen LogP contribution in [0.15, 0.2) is 48.5 Å². The number of nitrogens with zero attached hydrogens (tertiary/aromatic N) is 1. The Morgan fingerprint density at radius 3 is 2.41 bits per heavy atom. The summed E-state index contributed by atoms with van der Waals surface area (Å²) in [5, 5.41) is 17.6. The molecule has 37 heavy (non-hydrogen) atoms. The molecule has 1 aliphatic carbocycles. The lowest BCUT2D eigenvalue weighted by Gasteiger charge is -2.43. The molecule has 0 spiro atoms. The van der Waals surface area contributed by atoms with E-state index in [1.54, 1.807) is 24.3 Å². The Balaban J connectivity index is 1.33. The maximum absolute atomic E-state index is 13.2. The van der Waals surface area contributed by atoms with Gasteiger partial charge in [0.15, 0.2) is 5.78 Å². The van der Waals surface area contributed by atoms with Crippen molar-refractivity contribution in [3.8, 4) is 0 Å². The largest absolute Gasteiger partial charge is 0.386 e. The van der Waals surface area contributed by atoms with Gasteiger partial charge in [-0.1, -0.05) is 43.5 Å². The molecule has 1 atom stereocenters. The standard InChI is InChI=1S/C30H40FN3O3/c1-22(35)25-6-5-9-28(19-25)33-29(36)32-20-30(37,26-7-3-2-4-8-26)21-34-16-14-24(15-17-34)18-23-10-12-27(31)13-11-23/h5-6,9-13,19,24,26,37H,2-4,7-8,14-18,20-21H2,1H3,(H2,32,33,36)/t30-/m0/s1. The van der Waals surface area contributed by atoms with E-state index in [2.05, 4.69) is 15.5 Å². The predicted molar refractivity (Wildman–Crippen MR) is 144 cm³/mol. The molecule has 0 bridgehead atoms. The summed E-state index contributed by atoms with van der Waals surface area (Å²) < 4.78 is 13.2. The fraction of sp³-hybridized carbons (Fsp3) is 0.533. The SMILES string of the molecule is CC(=O)c1cccc(NC(=O)NC[C@](O)(CN2CCC(Cc3ccc(F)cc3)CC2)C2CCCCC2)c1. The van der Waals surface area contributed by atoms with Crippen molar-refractivity contribution >= 4 is 17.5 Å². The summed E-state index contributed by atoms with van der Waals surface area (Å²) in [5.41, 5.74) is 1.26. The van der Waals surface area contributed by atoms with Gasteiger partial charge < -0.3 is 20.6 Å². The molecule has 2 amide bonds. The molecule has 3 N–H and O–H groups in total. The zero-order valence-electron chi connectivity index (χ0n) is 21.8. The molecule has 2 fully saturated rings. The zero-order chi connectivity index (χ0) is 26.3. The molecule has 0 unspecified atom stereocenters. The molecule has 2 aromatic rings. The van der Waals surface area contributed by atoms with Crippen molar-refractivity contribution in [2.45, 2.75) is 63.9 Å². The lowest BCUT2D eigenvalue weighted by Crippen LogP contribution is -2.57. The van der Waals surface area contributed by atoms with Gasteiger partial charge in [0.2, 0.25) is 0 Å². The summed E-state index contributed by atoms with van der Waals surface area (Å²) in [6.45, 7) is 4.04. The zero-order valence-corrected chi connectivity index (χ0v) is 21.8. The Kier molecular flexibility index (Phi) is 9.33. The van der Waals surface area contributed by atoms with Gasteiger partial charge in [-0.15, -0.1) is 0 Å². The first-order chi connectivity index (χ1) is 17.8. The summed E-state index contributed by atoms with van der Waals surface area (Å²) in [7, 11) is 0. The van der Waals surface area contributed by atoms with E-state index in [0.717, 1.165) is 58.0 Å². The molecule has 1 heterocycles. The Labute approximate surface area is 219 Å². The van der Waals surface area contributed by atoms with Gasteiger partial charge in [0, 0.05) is 24.3 Å². The maximum Gasteiger partial charge on any atom is 0.319 e. The van der Waals surface area contributed by atoms with Crippen LogP contribution in [0.4, 0.5) is 14.9 Å². The van der Waals surface area contributed by atoms with Gasteiger partial charge in [0.1, 0.15) is 5.82 Å². The van der Waals surface area contributed by atoms with Crippen molar-refractivity contribution in [1.82, 2.24) is 10.2 Å². The Morgan fingerprint density at radius 2 is 1.73 bits per heavy atom. The van der Waals surface area contributed by atoms with Crippen molar-refractivity contribution in [2.24, 2.45) is 11.8 Å². The smallest absolute Gasteiger partial charge is 0.319 e. The van der Waals surface area contributed by atoms with Crippen LogP contribution in [0.3, 0.4) is 0 Å². The lowest BCUT2D eigenvalue weighted by molar-refractivity contribution is -0.0591. The van der Waals surface area contributed by atoms with Crippen LogP contribution in [0.25, 0.3) is 0 Å². The average Bonchev–Trinajstić information content (AvgIpc) is 2.91. The summed E-state index contributed by atoms with van der Waals surface area (Å²) in [5.74, 6) is 0.447. The number of rotatable bonds is 9. The molecule has 2 aromatic carbocycles. The van der Waals surface area contributed by atoms with Crippen LogP contribution < -0.4 is 10.6 Å². The number of aliphatic hydroxyl groups is 1. The fourth-order valence-electron chi connectivity index (χ4n) is 5.88. The van der Waals surface area contributed by atoms with Gasteiger partial charge in [-0.2, -0.15) is 0 Å². The second-order valence-corrected chi connectivity index (χ2v) is 10.9. The van der Waals surface area contributed by atoms with Gasteiger partial charge >= 0.3 is 6.03 Å². The van der Waals surface area contributed by atoms with Crippen LogP contribution in [0.2, 0.25) is 0 Å². The van der Waals surface area contributed by atoms with E-state index < -0.39 is 5.60 Å². The Hall–Kier alpha value is -2.77. The van der Waals surface area contributed by atoms with Gasteiger partial charge in [-0.3, -0.25) is 4.79 Å². The van der Waals surface area contributed by atoms with Crippen molar-refractivity contribution in [1.29, 1.82) is 0 Å². The third-order valence-electron chi connectivity index (χ3n) is 8.09. The van der Waals surface area contributed by atoms with Gasteiger partial charge in [-0.25, -0.2) is 9.18 Å². The van der Waals surface area contributed by atoms with E-state index in [9.17, 15) is 19.1 Å². The monoisotopic (exact) mass is 509 g/mol.